The van der Waals surface area contributed by atoms with E-state index in [1.165, 1.54) is 6.92 Å². The molecule has 1 atom stereocenters. The molecule has 10 heavy (non-hydrogen) atoms. The van der Waals surface area contributed by atoms with E-state index in [-0.39, 0.29) is 12.1 Å². The number of nitrogens with one attached hydrogen (secondary N) is 1. The van der Waals surface area contributed by atoms with Crippen molar-refractivity contribution in [3.8, 4) is 0 Å². The van der Waals surface area contributed by atoms with Crippen molar-refractivity contribution in [2.45, 2.75) is 13.2 Å². The van der Waals surface area contributed by atoms with Crippen molar-refractivity contribution >= 4 is 5.91 Å². The molecule has 1 saturated heterocycles. The summed E-state index contributed by atoms with van der Waals surface area (Å²) >= 11 is 0. The highest BCUT2D eigenvalue weighted by atomic mass is 16.6. The standard InChI is InChI=1S/C6H11NO3/c1-5(8)7-6-4-9-2-3-10-6/h6H,2-4H2,1H3,(H,7,8). The van der Waals surface area contributed by atoms with Gasteiger partial charge >= 0.3 is 0 Å². The topological polar surface area (TPSA) is 47.6 Å². The van der Waals surface area contributed by atoms with Crippen molar-refractivity contribution in [3.05, 3.63) is 0 Å². The van der Waals surface area contributed by atoms with E-state index in [0.717, 1.165) is 0 Å². The largest absolute Gasteiger partial charge is 0.374 e. The van der Waals surface area contributed by atoms with Crippen molar-refractivity contribution in [1.82, 2.24) is 5.32 Å². The zero-order valence-corrected chi connectivity index (χ0v) is 5.92. The van der Waals surface area contributed by atoms with Crippen molar-refractivity contribution in [2.75, 3.05) is 19.8 Å². The molecule has 0 radical (unpaired) electrons. The van der Waals surface area contributed by atoms with Gasteiger partial charge in [0, 0.05) is 6.92 Å². The Labute approximate surface area is 59.5 Å². The van der Waals surface area contributed by atoms with Gasteiger partial charge in [-0.2, -0.15) is 0 Å². The molecule has 58 valence electrons. The molecule has 1 aliphatic rings. The molecule has 1 aliphatic heterocycles. The van der Waals surface area contributed by atoms with Crippen molar-refractivity contribution in [1.29, 1.82) is 0 Å². The van der Waals surface area contributed by atoms with Crippen LogP contribution >= 0.6 is 0 Å². The Morgan fingerprint density at radius 2 is 2.40 bits per heavy atom. The fraction of sp³-hybridized carbons (Fsp3) is 0.833. The van der Waals surface area contributed by atoms with Crippen molar-refractivity contribution in [3.63, 3.8) is 0 Å². The Kier molecular flexibility index (Phi) is 2.65. The number of amides is 1. The van der Waals surface area contributed by atoms with Crippen LogP contribution in [0.4, 0.5) is 0 Å². The van der Waals surface area contributed by atoms with Gasteiger partial charge in [0.25, 0.3) is 0 Å². The average Bonchev–Trinajstić information content (AvgIpc) is 1.88. The van der Waals surface area contributed by atoms with Gasteiger partial charge in [-0.05, 0) is 0 Å². The molecule has 0 bridgehead atoms. The number of hydrogen-bond donors (Lipinski definition) is 1. The SMILES string of the molecule is CC(=O)NC1COCCO1. The predicted molar refractivity (Wildman–Crippen MR) is 34.4 cm³/mol. The summed E-state index contributed by atoms with van der Waals surface area (Å²) in [7, 11) is 0. The number of rotatable bonds is 1. The fourth-order valence-corrected chi connectivity index (χ4v) is 0.798. The summed E-state index contributed by atoms with van der Waals surface area (Å²) in [6.45, 7) is 3.10. The lowest BCUT2D eigenvalue weighted by atomic mass is 10.5. The maximum absolute atomic E-state index is 10.5. The summed E-state index contributed by atoms with van der Waals surface area (Å²) in [5.74, 6) is -0.0875. The molecule has 0 spiro atoms. The van der Waals surface area contributed by atoms with Gasteiger partial charge in [0.05, 0.1) is 19.8 Å². The minimum Gasteiger partial charge on any atom is -0.374 e. The molecule has 0 saturated carbocycles. The van der Waals surface area contributed by atoms with Crippen molar-refractivity contribution in [2.24, 2.45) is 0 Å². The first-order chi connectivity index (χ1) is 4.79. The Bertz CT molecular complexity index is 120. The van der Waals surface area contributed by atoms with E-state index in [0.29, 0.717) is 19.8 Å². The van der Waals surface area contributed by atoms with Gasteiger partial charge in [-0.1, -0.05) is 0 Å². The van der Waals surface area contributed by atoms with E-state index in [9.17, 15) is 4.79 Å². The second-order valence-electron chi connectivity index (χ2n) is 2.13. The van der Waals surface area contributed by atoms with Crippen LogP contribution in [0.2, 0.25) is 0 Å². The summed E-state index contributed by atoms with van der Waals surface area (Å²) in [4.78, 5) is 10.5. The molecule has 0 aromatic carbocycles. The second kappa shape index (κ2) is 3.53. The highest BCUT2D eigenvalue weighted by Gasteiger charge is 2.13. The zero-order valence-electron chi connectivity index (χ0n) is 5.92. The van der Waals surface area contributed by atoms with E-state index in [4.69, 9.17) is 9.47 Å². The van der Waals surface area contributed by atoms with Crippen LogP contribution in [0.5, 0.6) is 0 Å². The smallest absolute Gasteiger partial charge is 0.218 e. The van der Waals surface area contributed by atoms with Crippen LogP contribution in [0, 0.1) is 0 Å². The number of carbonyl (C=O) groups excluding carboxylic acids is 1. The Balaban J connectivity index is 2.19. The lowest BCUT2D eigenvalue weighted by molar-refractivity contribution is -0.134. The molecule has 1 heterocycles. The first-order valence-electron chi connectivity index (χ1n) is 3.25. The molecule has 1 amide bonds. The minimum absolute atomic E-state index is 0.0875. The van der Waals surface area contributed by atoms with Crippen LogP contribution in [0.3, 0.4) is 0 Å². The number of ether oxygens (including phenoxy) is 2. The zero-order chi connectivity index (χ0) is 7.40. The maximum Gasteiger partial charge on any atom is 0.218 e. The van der Waals surface area contributed by atoms with E-state index in [1.807, 2.05) is 0 Å². The van der Waals surface area contributed by atoms with E-state index >= 15 is 0 Å². The van der Waals surface area contributed by atoms with Crippen LogP contribution in [0.25, 0.3) is 0 Å². The van der Waals surface area contributed by atoms with Crippen LogP contribution in [0.15, 0.2) is 0 Å². The number of hydrogen-bond acceptors (Lipinski definition) is 3. The van der Waals surface area contributed by atoms with Gasteiger partial charge in [-0.15, -0.1) is 0 Å². The molecule has 1 unspecified atom stereocenters. The highest BCUT2D eigenvalue weighted by molar-refractivity contribution is 5.73. The van der Waals surface area contributed by atoms with Crippen molar-refractivity contribution < 1.29 is 14.3 Å². The van der Waals surface area contributed by atoms with Gasteiger partial charge in [0.2, 0.25) is 5.91 Å². The highest BCUT2D eigenvalue weighted by Crippen LogP contribution is 1.95. The Hall–Kier alpha value is -0.610. The summed E-state index contributed by atoms with van der Waals surface area (Å²) in [5, 5.41) is 2.60. The van der Waals surface area contributed by atoms with E-state index in [2.05, 4.69) is 5.32 Å². The first-order valence-corrected chi connectivity index (χ1v) is 3.25. The third kappa shape index (κ3) is 2.33. The molecule has 4 heteroatoms. The monoisotopic (exact) mass is 145 g/mol. The Morgan fingerprint density at radius 3 is 2.90 bits per heavy atom. The predicted octanol–water partition coefficient (Wildman–Crippen LogP) is -0.505. The van der Waals surface area contributed by atoms with E-state index in [1.54, 1.807) is 0 Å². The maximum atomic E-state index is 10.5. The minimum atomic E-state index is -0.244. The van der Waals surface area contributed by atoms with Crippen LogP contribution < -0.4 is 5.32 Å². The summed E-state index contributed by atoms with van der Waals surface area (Å²) in [5.41, 5.74) is 0. The Morgan fingerprint density at radius 1 is 1.60 bits per heavy atom. The van der Waals surface area contributed by atoms with Crippen LogP contribution in [-0.2, 0) is 14.3 Å². The second-order valence-corrected chi connectivity index (χ2v) is 2.13. The summed E-state index contributed by atoms with van der Waals surface area (Å²) in [6, 6.07) is 0. The van der Waals surface area contributed by atoms with Crippen LogP contribution in [0.1, 0.15) is 6.92 Å². The molecular formula is C6H11NO3. The molecule has 0 aliphatic carbocycles. The third-order valence-electron chi connectivity index (χ3n) is 1.18. The normalized spacial score (nSPS) is 25.9. The molecule has 4 nitrogen and oxygen atoms in total. The molecule has 1 N–H and O–H groups in total. The molecule has 0 aromatic heterocycles. The lowest BCUT2D eigenvalue weighted by Crippen LogP contribution is -2.42. The molecular weight excluding hydrogens is 134 g/mol. The average molecular weight is 145 g/mol. The third-order valence-corrected chi connectivity index (χ3v) is 1.18. The van der Waals surface area contributed by atoms with Gasteiger partial charge < -0.3 is 14.8 Å². The summed E-state index contributed by atoms with van der Waals surface area (Å²) in [6.07, 6.45) is -0.244. The van der Waals surface area contributed by atoms with Gasteiger partial charge in [0.15, 0.2) is 6.23 Å². The molecule has 1 rings (SSSR count). The molecule has 1 fully saturated rings. The van der Waals surface area contributed by atoms with Gasteiger partial charge in [-0.25, -0.2) is 0 Å². The van der Waals surface area contributed by atoms with Crippen LogP contribution in [-0.4, -0.2) is 32.0 Å². The fourth-order valence-electron chi connectivity index (χ4n) is 0.798. The van der Waals surface area contributed by atoms with Gasteiger partial charge in [0.1, 0.15) is 0 Å². The number of carbonyl (C=O) groups is 1. The first kappa shape index (κ1) is 7.50. The lowest BCUT2D eigenvalue weighted by Gasteiger charge is -2.22. The molecule has 0 aromatic rings. The van der Waals surface area contributed by atoms with Gasteiger partial charge in [-0.3, -0.25) is 4.79 Å². The summed E-state index contributed by atoms with van der Waals surface area (Å²) < 4.78 is 10.2. The quantitative estimate of drug-likeness (QED) is 0.541. The van der Waals surface area contributed by atoms with E-state index < -0.39 is 0 Å².